The summed E-state index contributed by atoms with van der Waals surface area (Å²) >= 11 is 0. The third kappa shape index (κ3) is 2.16. The van der Waals surface area contributed by atoms with Gasteiger partial charge in [-0.05, 0) is 31.2 Å². The number of pyridine rings is 1. The molecule has 0 aliphatic heterocycles. The monoisotopic (exact) mass is 358 g/mol. The summed E-state index contributed by atoms with van der Waals surface area (Å²) in [6, 6.07) is 16.3. The van der Waals surface area contributed by atoms with E-state index in [1.54, 1.807) is 29.5 Å². The van der Waals surface area contributed by atoms with Crippen LogP contribution in [0.25, 0.3) is 38.4 Å². The van der Waals surface area contributed by atoms with Gasteiger partial charge in [0.2, 0.25) is 0 Å². The van der Waals surface area contributed by atoms with Crippen LogP contribution in [0.1, 0.15) is 17.4 Å². The third-order valence-corrected chi connectivity index (χ3v) is 4.64. The Hall–Kier alpha value is -3.67. The molecule has 0 atom stereocenters. The molecule has 3 aromatic heterocycles. The molecule has 132 valence electrons. The lowest BCUT2D eigenvalue weighted by Crippen LogP contribution is -2.12. The summed E-state index contributed by atoms with van der Waals surface area (Å²) in [5, 5.41) is 1.71. The lowest BCUT2D eigenvalue weighted by atomic mass is 10.1. The summed E-state index contributed by atoms with van der Waals surface area (Å²) in [6.45, 7) is 2.01. The average Bonchev–Trinajstić information content (AvgIpc) is 3.06. The first-order valence-corrected chi connectivity index (χ1v) is 8.62. The zero-order valence-corrected chi connectivity index (χ0v) is 14.4. The van der Waals surface area contributed by atoms with E-state index in [1.165, 1.54) is 0 Å². The number of nitrogens with zero attached hydrogens (tertiary/aromatic N) is 2. The molecule has 0 bridgehead atoms. The first kappa shape index (κ1) is 15.6. The lowest BCUT2D eigenvalue weighted by molar-refractivity contribution is 0.0518. The first-order valence-electron chi connectivity index (χ1n) is 8.62. The molecule has 3 heterocycles. The van der Waals surface area contributed by atoms with Crippen molar-refractivity contribution in [3.8, 4) is 0 Å². The van der Waals surface area contributed by atoms with Crippen molar-refractivity contribution in [3.63, 3.8) is 0 Å². The minimum Gasteiger partial charge on any atom is -0.461 e. The molecule has 0 fully saturated rings. The van der Waals surface area contributed by atoms with Crippen molar-refractivity contribution in [1.82, 2.24) is 9.38 Å². The van der Waals surface area contributed by atoms with Gasteiger partial charge < -0.3 is 9.15 Å². The van der Waals surface area contributed by atoms with E-state index in [9.17, 15) is 9.59 Å². The normalized spacial score (nSPS) is 11.6. The molecule has 27 heavy (non-hydrogen) atoms. The van der Waals surface area contributed by atoms with Crippen LogP contribution in [-0.2, 0) is 4.74 Å². The van der Waals surface area contributed by atoms with Crippen molar-refractivity contribution >= 4 is 44.4 Å². The second-order valence-corrected chi connectivity index (χ2v) is 6.18. The SMILES string of the molecule is CCOC(=O)c1cc2c3ccccc3oc(=O)c2c2nc3ccccc3n12. The molecule has 0 N–H and O–H groups in total. The number of aromatic nitrogens is 2. The zero-order chi connectivity index (χ0) is 18.5. The second-order valence-electron chi connectivity index (χ2n) is 6.18. The van der Waals surface area contributed by atoms with E-state index in [2.05, 4.69) is 4.98 Å². The fraction of sp³-hybridized carbons (Fsp3) is 0.0952. The summed E-state index contributed by atoms with van der Waals surface area (Å²) in [5.74, 6) is -0.468. The van der Waals surface area contributed by atoms with Crippen molar-refractivity contribution < 1.29 is 13.9 Å². The van der Waals surface area contributed by atoms with Crippen LogP contribution in [0.5, 0.6) is 0 Å². The fourth-order valence-electron chi connectivity index (χ4n) is 3.53. The first-order chi connectivity index (χ1) is 13.2. The molecule has 0 saturated heterocycles. The van der Waals surface area contributed by atoms with Crippen LogP contribution in [0.2, 0.25) is 0 Å². The van der Waals surface area contributed by atoms with E-state index in [-0.39, 0.29) is 6.61 Å². The summed E-state index contributed by atoms with van der Waals surface area (Å²) in [7, 11) is 0. The molecule has 0 aliphatic rings. The minimum atomic E-state index is -0.487. The number of hydrogen-bond acceptors (Lipinski definition) is 5. The van der Waals surface area contributed by atoms with Gasteiger partial charge in [-0.15, -0.1) is 0 Å². The Morgan fingerprint density at radius 3 is 2.74 bits per heavy atom. The van der Waals surface area contributed by atoms with Crippen LogP contribution in [0.4, 0.5) is 0 Å². The molecule has 6 nitrogen and oxygen atoms in total. The van der Waals surface area contributed by atoms with Crippen molar-refractivity contribution in [2.45, 2.75) is 6.92 Å². The maximum absolute atomic E-state index is 12.8. The summed E-state index contributed by atoms with van der Waals surface area (Å²) in [4.78, 5) is 30.1. The molecule has 0 aliphatic carbocycles. The standard InChI is InChI=1S/C21H14N2O4/c1-2-26-20(24)16-11-13-12-7-3-6-10-17(12)27-21(25)18(13)19-22-14-8-4-5-9-15(14)23(16)19/h3-11H,2H2,1H3. The quantitative estimate of drug-likeness (QED) is 0.272. The van der Waals surface area contributed by atoms with Gasteiger partial charge in [-0.3, -0.25) is 4.40 Å². The van der Waals surface area contributed by atoms with Crippen LogP contribution in [0.3, 0.4) is 0 Å². The Balaban J connectivity index is 2.09. The average molecular weight is 358 g/mol. The minimum absolute atomic E-state index is 0.253. The van der Waals surface area contributed by atoms with Gasteiger partial charge in [0.1, 0.15) is 16.7 Å². The van der Waals surface area contributed by atoms with E-state index >= 15 is 0 Å². The summed E-state index contributed by atoms with van der Waals surface area (Å²) in [6.07, 6.45) is 0. The molecule has 0 saturated carbocycles. The number of carbonyl (C=O) groups is 1. The van der Waals surface area contributed by atoms with Gasteiger partial charge >= 0.3 is 11.6 Å². The Kier molecular flexibility index (Phi) is 3.27. The van der Waals surface area contributed by atoms with E-state index < -0.39 is 11.6 Å². The Morgan fingerprint density at radius 2 is 1.89 bits per heavy atom. The number of esters is 1. The number of fused-ring (bicyclic) bond motifs is 7. The maximum Gasteiger partial charge on any atom is 0.355 e. The molecule has 0 radical (unpaired) electrons. The molecule has 2 aromatic carbocycles. The van der Waals surface area contributed by atoms with Crippen LogP contribution < -0.4 is 5.63 Å². The molecule has 0 unspecified atom stereocenters. The molecule has 5 aromatic rings. The highest BCUT2D eigenvalue weighted by Crippen LogP contribution is 2.29. The molecular formula is C21H14N2O4. The number of para-hydroxylation sites is 3. The smallest absolute Gasteiger partial charge is 0.355 e. The van der Waals surface area contributed by atoms with Gasteiger partial charge in [0, 0.05) is 10.8 Å². The van der Waals surface area contributed by atoms with Gasteiger partial charge in [-0.25, -0.2) is 14.6 Å². The number of imidazole rings is 1. The van der Waals surface area contributed by atoms with Gasteiger partial charge in [-0.1, -0.05) is 30.3 Å². The third-order valence-electron chi connectivity index (χ3n) is 4.64. The van der Waals surface area contributed by atoms with Crippen LogP contribution in [0.15, 0.2) is 63.8 Å². The number of rotatable bonds is 2. The van der Waals surface area contributed by atoms with Crippen molar-refractivity contribution in [2.75, 3.05) is 6.61 Å². The summed E-state index contributed by atoms with van der Waals surface area (Å²) < 4.78 is 12.4. The number of ether oxygens (including phenoxy) is 1. The molecule has 0 amide bonds. The topological polar surface area (TPSA) is 73.8 Å². The molecule has 0 spiro atoms. The highest BCUT2D eigenvalue weighted by atomic mass is 16.5. The van der Waals surface area contributed by atoms with Crippen LogP contribution in [0, 0.1) is 0 Å². The Labute approximate surface area is 152 Å². The van der Waals surface area contributed by atoms with Crippen LogP contribution >= 0.6 is 0 Å². The van der Waals surface area contributed by atoms with Crippen molar-refractivity contribution in [3.05, 3.63) is 70.7 Å². The number of carbonyl (C=O) groups excluding carboxylic acids is 1. The highest BCUT2D eigenvalue weighted by molar-refractivity contribution is 6.12. The largest absolute Gasteiger partial charge is 0.461 e. The van der Waals surface area contributed by atoms with E-state index in [0.717, 1.165) is 10.9 Å². The zero-order valence-electron chi connectivity index (χ0n) is 14.4. The van der Waals surface area contributed by atoms with E-state index in [4.69, 9.17) is 9.15 Å². The molecule has 6 heteroatoms. The highest BCUT2D eigenvalue weighted by Gasteiger charge is 2.21. The van der Waals surface area contributed by atoms with Crippen LogP contribution in [-0.4, -0.2) is 22.0 Å². The van der Waals surface area contributed by atoms with Gasteiger partial charge in [0.05, 0.1) is 17.6 Å². The predicted molar refractivity (Wildman–Crippen MR) is 102 cm³/mol. The van der Waals surface area contributed by atoms with Crippen molar-refractivity contribution in [2.24, 2.45) is 0 Å². The van der Waals surface area contributed by atoms with Gasteiger partial charge in [-0.2, -0.15) is 0 Å². The molecule has 5 rings (SSSR count). The summed E-state index contributed by atoms with van der Waals surface area (Å²) in [5.41, 5.74) is 2.10. The Bertz CT molecular complexity index is 1430. The maximum atomic E-state index is 12.8. The van der Waals surface area contributed by atoms with E-state index in [1.807, 2.05) is 36.4 Å². The number of benzene rings is 2. The van der Waals surface area contributed by atoms with Gasteiger partial charge in [0.25, 0.3) is 0 Å². The Morgan fingerprint density at radius 1 is 1.11 bits per heavy atom. The van der Waals surface area contributed by atoms with E-state index in [0.29, 0.717) is 33.2 Å². The molecular weight excluding hydrogens is 344 g/mol. The van der Waals surface area contributed by atoms with Crippen molar-refractivity contribution in [1.29, 1.82) is 0 Å². The number of hydrogen-bond donors (Lipinski definition) is 0. The second kappa shape index (κ2) is 5.67. The predicted octanol–water partition coefficient (Wildman–Crippen LogP) is 3.92. The fourth-order valence-corrected chi connectivity index (χ4v) is 3.53. The van der Waals surface area contributed by atoms with Gasteiger partial charge in [0.15, 0.2) is 5.65 Å². The lowest BCUT2D eigenvalue weighted by Gasteiger charge is -2.10.